The van der Waals surface area contributed by atoms with Gasteiger partial charge < -0.3 is 23.4 Å². The summed E-state index contributed by atoms with van der Waals surface area (Å²) in [5.41, 5.74) is 1.41. The van der Waals surface area contributed by atoms with Crippen molar-refractivity contribution >= 4 is 20.3 Å². The van der Waals surface area contributed by atoms with Gasteiger partial charge in [0.05, 0.1) is 38.2 Å². The second kappa shape index (κ2) is 14.0. The average molecular weight is 515 g/mol. The van der Waals surface area contributed by atoms with Crippen molar-refractivity contribution in [3.8, 4) is 0 Å². The van der Waals surface area contributed by atoms with Gasteiger partial charge in [-0.05, 0) is 35.8 Å². The van der Waals surface area contributed by atoms with E-state index in [1.54, 1.807) is 24.3 Å². The van der Waals surface area contributed by atoms with Crippen LogP contribution in [0.1, 0.15) is 36.7 Å². The third-order valence-electron chi connectivity index (χ3n) is 6.18. The Bertz CT molecular complexity index is 968. The SMILES string of the molecule is COC(=O)/C=C/O[C@@H](CO[Si](C)(C)C(C)(C)C)[C@H](COC(=O)c1ccccc1)OCc1ccccc1. The number of ether oxygens (including phenoxy) is 4. The summed E-state index contributed by atoms with van der Waals surface area (Å²) in [5.74, 6) is -1.01. The Kier molecular flexibility index (Phi) is 11.4. The maximum atomic E-state index is 12.6. The fraction of sp³-hybridized carbons (Fsp3) is 0.429. The molecule has 2 atom stereocenters. The van der Waals surface area contributed by atoms with Crippen LogP contribution in [0.4, 0.5) is 0 Å². The van der Waals surface area contributed by atoms with E-state index < -0.39 is 32.5 Å². The highest BCUT2D eigenvalue weighted by molar-refractivity contribution is 6.74. The molecule has 2 aromatic rings. The molecule has 36 heavy (non-hydrogen) atoms. The van der Waals surface area contributed by atoms with Gasteiger partial charge in [0.25, 0.3) is 0 Å². The number of hydrogen-bond acceptors (Lipinski definition) is 7. The Morgan fingerprint density at radius 3 is 2.11 bits per heavy atom. The third kappa shape index (κ3) is 9.60. The van der Waals surface area contributed by atoms with Crippen LogP contribution in [0.25, 0.3) is 0 Å². The summed E-state index contributed by atoms with van der Waals surface area (Å²) in [5, 5.41) is -0.0143. The summed E-state index contributed by atoms with van der Waals surface area (Å²) >= 11 is 0. The number of benzene rings is 2. The molecule has 0 spiro atoms. The monoisotopic (exact) mass is 514 g/mol. The zero-order chi connectivity index (χ0) is 26.6. The molecule has 8 heteroatoms. The molecular formula is C28H38O7Si. The van der Waals surface area contributed by atoms with Crippen molar-refractivity contribution < 1.29 is 33.0 Å². The molecule has 0 aliphatic rings. The fourth-order valence-electron chi connectivity index (χ4n) is 2.86. The average Bonchev–Trinajstić information content (AvgIpc) is 2.86. The molecule has 0 unspecified atom stereocenters. The number of esters is 2. The molecule has 0 saturated carbocycles. The quantitative estimate of drug-likeness (QED) is 0.151. The summed E-state index contributed by atoms with van der Waals surface area (Å²) in [7, 11) is -0.834. The molecule has 0 N–H and O–H groups in total. The normalized spacial score (nSPS) is 13.7. The largest absolute Gasteiger partial charge is 0.493 e. The number of carbonyl (C=O) groups is 2. The van der Waals surface area contributed by atoms with Crippen LogP contribution in [-0.4, -0.2) is 52.8 Å². The van der Waals surface area contributed by atoms with Gasteiger partial charge in [-0.2, -0.15) is 0 Å². The molecule has 2 rings (SSSR count). The Hall–Kier alpha value is -2.94. The van der Waals surface area contributed by atoms with Crippen molar-refractivity contribution in [3.63, 3.8) is 0 Å². The van der Waals surface area contributed by atoms with Crippen molar-refractivity contribution in [2.24, 2.45) is 0 Å². The summed E-state index contributed by atoms with van der Waals surface area (Å²) in [6, 6.07) is 18.4. The minimum Gasteiger partial charge on any atom is -0.493 e. The molecule has 0 aromatic heterocycles. The number of methoxy groups -OCH3 is 1. The molecule has 0 saturated heterocycles. The first-order valence-corrected chi connectivity index (χ1v) is 14.9. The minimum atomic E-state index is -2.12. The second-order valence-corrected chi connectivity index (χ2v) is 14.7. The summed E-state index contributed by atoms with van der Waals surface area (Å²) < 4.78 is 28.8. The van der Waals surface area contributed by atoms with E-state index in [-0.39, 0.29) is 24.9 Å². The molecule has 0 heterocycles. The molecule has 2 aromatic carbocycles. The zero-order valence-corrected chi connectivity index (χ0v) is 23.1. The molecule has 0 aliphatic heterocycles. The van der Waals surface area contributed by atoms with E-state index in [0.29, 0.717) is 5.56 Å². The van der Waals surface area contributed by atoms with Gasteiger partial charge in [0.15, 0.2) is 8.32 Å². The van der Waals surface area contributed by atoms with Crippen LogP contribution in [0.2, 0.25) is 18.1 Å². The molecule has 196 valence electrons. The molecule has 0 fully saturated rings. The molecule has 0 bridgehead atoms. The van der Waals surface area contributed by atoms with Crippen LogP contribution in [0, 0.1) is 0 Å². The van der Waals surface area contributed by atoms with Crippen molar-refractivity contribution in [2.75, 3.05) is 20.3 Å². The molecule has 0 amide bonds. The standard InChI is InChI=1S/C28H38O7Si/c1-28(2,3)36(5,6)35-21-25(32-18-17-26(29)31-4)24(33-19-22-13-9-7-10-14-22)20-34-27(30)23-15-11-8-12-16-23/h7-18,24-25H,19-21H2,1-6H3/b18-17+/t24-,25-/m0/s1. The van der Waals surface area contributed by atoms with E-state index in [1.165, 1.54) is 19.4 Å². The van der Waals surface area contributed by atoms with Gasteiger partial charge in [-0.3, -0.25) is 0 Å². The van der Waals surface area contributed by atoms with Crippen molar-refractivity contribution in [1.82, 2.24) is 0 Å². The van der Waals surface area contributed by atoms with Crippen LogP contribution in [0.5, 0.6) is 0 Å². The minimum absolute atomic E-state index is 0.0143. The van der Waals surface area contributed by atoms with Crippen LogP contribution < -0.4 is 0 Å². The van der Waals surface area contributed by atoms with Crippen LogP contribution >= 0.6 is 0 Å². The predicted molar refractivity (Wildman–Crippen MR) is 141 cm³/mol. The summed E-state index contributed by atoms with van der Waals surface area (Å²) in [6.07, 6.45) is 1.14. The third-order valence-corrected chi connectivity index (χ3v) is 10.7. The molecule has 7 nitrogen and oxygen atoms in total. The van der Waals surface area contributed by atoms with Gasteiger partial charge in [-0.1, -0.05) is 69.3 Å². The van der Waals surface area contributed by atoms with Crippen LogP contribution in [0.15, 0.2) is 73.0 Å². The van der Waals surface area contributed by atoms with E-state index >= 15 is 0 Å². The highest BCUT2D eigenvalue weighted by Crippen LogP contribution is 2.36. The van der Waals surface area contributed by atoms with Crippen molar-refractivity contribution in [3.05, 3.63) is 84.1 Å². The molecular weight excluding hydrogens is 476 g/mol. The van der Waals surface area contributed by atoms with E-state index in [4.69, 9.17) is 18.6 Å². The maximum absolute atomic E-state index is 12.6. The highest BCUT2D eigenvalue weighted by atomic mass is 28.4. The smallest absolute Gasteiger partial charge is 0.338 e. The second-order valence-electron chi connectivity index (χ2n) is 9.87. The summed E-state index contributed by atoms with van der Waals surface area (Å²) in [4.78, 5) is 24.2. The first kappa shape index (κ1) is 29.3. The Morgan fingerprint density at radius 2 is 1.53 bits per heavy atom. The van der Waals surface area contributed by atoms with Gasteiger partial charge in [-0.25, -0.2) is 9.59 Å². The van der Waals surface area contributed by atoms with E-state index in [1.807, 2.05) is 36.4 Å². The first-order valence-electron chi connectivity index (χ1n) is 11.9. The van der Waals surface area contributed by atoms with E-state index in [9.17, 15) is 9.59 Å². The van der Waals surface area contributed by atoms with Gasteiger partial charge in [0.2, 0.25) is 0 Å². The van der Waals surface area contributed by atoms with Crippen LogP contribution in [0.3, 0.4) is 0 Å². The topological polar surface area (TPSA) is 80.3 Å². The predicted octanol–water partition coefficient (Wildman–Crippen LogP) is 5.52. The van der Waals surface area contributed by atoms with E-state index in [0.717, 1.165) is 5.56 Å². The van der Waals surface area contributed by atoms with Crippen molar-refractivity contribution in [2.45, 2.75) is 57.7 Å². The first-order chi connectivity index (χ1) is 17.0. The number of hydrogen-bond donors (Lipinski definition) is 0. The fourth-order valence-corrected chi connectivity index (χ4v) is 3.87. The highest BCUT2D eigenvalue weighted by Gasteiger charge is 2.39. The molecule has 0 radical (unpaired) electrons. The maximum Gasteiger partial charge on any atom is 0.338 e. The zero-order valence-electron chi connectivity index (χ0n) is 22.1. The lowest BCUT2D eigenvalue weighted by atomic mass is 10.2. The van der Waals surface area contributed by atoms with Gasteiger partial charge in [-0.15, -0.1) is 0 Å². The lowest BCUT2D eigenvalue weighted by molar-refractivity contribution is -0.135. The number of carbonyl (C=O) groups excluding carboxylic acids is 2. The Morgan fingerprint density at radius 1 is 0.917 bits per heavy atom. The van der Waals surface area contributed by atoms with Gasteiger partial charge in [0.1, 0.15) is 18.8 Å². The lowest BCUT2D eigenvalue weighted by Gasteiger charge is -2.38. The molecule has 0 aliphatic carbocycles. The number of rotatable bonds is 13. The lowest BCUT2D eigenvalue weighted by Crippen LogP contribution is -2.46. The Labute approximate surface area is 215 Å². The van der Waals surface area contributed by atoms with Crippen molar-refractivity contribution in [1.29, 1.82) is 0 Å². The van der Waals surface area contributed by atoms with Crippen LogP contribution in [-0.2, 0) is 34.8 Å². The summed E-state index contributed by atoms with van der Waals surface area (Å²) in [6.45, 7) is 11.2. The van der Waals surface area contributed by atoms with E-state index in [2.05, 4.69) is 38.6 Å². The van der Waals surface area contributed by atoms with Gasteiger partial charge in [0, 0.05) is 0 Å². The van der Waals surface area contributed by atoms with Gasteiger partial charge >= 0.3 is 11.9 Å². The Balaban J connectivity index is 2.23.